The predicted molar refractivity (Wildman–Crippen MR) is 43.8 cm³/mol. The molecule has 0 atom stereocenters. The first-order valence-electron chi connectivity index (χ1n) is 3.45. The second-order valence-electron chi connectivity index (χ2n) is 2.62. The van der Waals surface area contributed by atoms with Crippen LogP contribution in [0, 0.1) is 0 Å². The standard InChI is InChI=1S/C8H5ClFNO/c9-6-1-2-7-5(3-6)4-8(12)11(7)10/h1-3H,4H2. The van der Waals surface area contributed by atoms with E-state index in [9.17, 15) is 9.28 Å². The van der Waals surface area contributed by atoms with Crippen LogP contribution in [-0.4, -0.2) is 5.91 Å². The fraction of sp³-hybridized carbons (Fsp3) is 0.125. The Bertz CT molecular complexity index is 353. The second kappa shape index (κ2) is 2.45. The van der Waals surface area contributed by atoms with Crippen LogP contribution in [0.5, 0.6) is 0 Å². The van der Waals surface area contributed by atoms with Gasteiger partial charge in [-0.05, 0) is 23.8 Å². The minimum absolute atomic E-state index is 0.104. The number of benzene rings is 1. The van der Waals surface area contributed by atoms with Gasteiger partial charge in [0.1, 0.15) is 0 Å². The molecule has 1 aromatic carbocycles. The van der Waals surface area contributed by atoms with Crippen molar-refractivity contribution in [2.75, 3.05) is 5.12 Å². The van der Waals surface area contributed by atoms with Gasteiger partial charge in [-0.2, -0.15) is 0 Å². The van der Waals surface area contributed by atoms with Gasteiger partial charge in [0.25, 0.3) is 5.91 Å². The summed E-state index contributed by atoms with van der Waals surface area (Å²) in [5.74, 6) is -0.535. The number of hydrogen-bond donors (Lipinski definition) is 0. The Balaban J connectivity index is 2.54. The summed E-state index contributed by atoms with van der Waals surface area (Å²) in [6.07, 6.45) is 0.104. The largest absolute Gasteiger partial charge is 0.272 e. The molecule has 0 unspecified atom stereocenters. The van der Waals surface area contributed by atoms with Crippen LogP contribution in [0.3, 0.4) is 0 Å². The quantitative estimate of drug-likeness (QED) is 0.567. The van der Waals surface area contributed by atoms with Crippen LogP contribution in [0.4, 0.5) is 10.2 Å². The number of amides is 1. The first kappa shape index (κ1) is 7.55. The van der Waals surface area contributed by atoms with Crippen molar-refractivity contribution in [3.63, 3.8) is 0 Å². The van der Waals surface area contributed by atoms with Gasteiger partial charge >= 0.3 is 0 Å². The van der Waals surface area contributed by atoms with Crippen LogP contribution >= 0.6 is 11.6 Å². The molecular formula is C8H5ClFNO. The molecule has 0 N–H and O–H groups in total. The molecule has 1 amide bonds. The van der Waals surface area contributed by atoms with Crippen molar-refractivity contribution in [1.29, 1.82) is 0 Å². The molecule has 1 aromatic rings. The van der Waals surface area contributed by atoms with Gasteiger partial charge in [-0.25, -0.2) is 0 Å². The maximum Gasteiger partial charge on any atom is 0.259 e. The number of carbonyl (C=O) groups is 1. The Kier molecular flexibility index (Phi) is 1.54. The molecule has 0 saturated heterocycles. The molecule has 0 fully saturated rings. The highest BCUT2D eigenvalue weighted by atomic mass is 35.5. The van der Waals surface area contributed by atoms with E-state index in [1.54, 1.807) is 12.1 Å². The summed E-state index contributed by atoms with van der Waals surface area (Å²) in [6.45, 7) is 0. The molecule has 1 aliphatic heterocycles. The van der Waals surface area contributed by atoms with Crippen LogP contribution in [0.15, 0.2) is 18.2 Å². The van der Waals surface area contributed by atoms with Crippen LogP contribution in [0.2, 0.25) is 5.02 Å². The summed E-state index contributed by atoms with van der Waals surface area (Å²) in [5, 5.41) is 0.683. The zero-order chi connectivity index (χ0) is 8.72. The lowest BCUT2D eigenvalue weighted by Gasteiger charge is -2.02. The first-order chi connectivity index (χ1) is 5.68. The zero-order valence-electron chi connectivity index (χ0n) is 6.05. The SMILES string of the molecule is O=C1Cc2cc(Cl)ccc2N1F. The average molecular weight is 186 g/mol. The molecule has 1 aliphatic rings. The number of fused-ring (bicyclic) bond motifs is 1. The summed E-state index contributed by atoms with van der Waals surface area (Å²) in [6, 6.07) is 4.67. The summed E-state index contributed by atoms with van der Waals surface area (Å²) in [4.78, 5) is 10.9. The summed E-state index contributed by atoms with van der Waals surface area (Å²) < 4.78 is 12.9. The van der Waals surface area contributed by atoms with Crippen LogP contribution < -0.4 is 5.12 Å². The molecule has 0 bridgehead atoms. The maximum atomic E-state index is 12.9. The molecule has 0 aliphatic carbocycles. The van der Waals surface area contributed by atoms with Crippen LogP contribution in [0.1, 0.15) is 5.56 Å². The highest BCUT2D eigenvalue weighted by molar-refractivity contribution is 6.30. The van der Waals surface area contributed by atoms with Gasteiger partial charge < -0.3 is 0 Å². The number of rotatable bonds is 0. The van der Waals surface area contributed by atoms with Gasteiger partial charge in [0.2, 0.25) is 0 Å². The molecular weight excluding hydrogens is 181 g/mol. The van der Waals surface area contributed by atoms with E-state index in [1.165, 1.54) is 6.07 Å². The van der Waals surface area contributed by atoms with E-state index >= 15 is 0 Å². The highest BCUT2D eigenvalue weighted by Crippen LogP contribution is 2.30. The molecule has 0 radical (unpaired) electrons. The van der Waals surface area contributed by atoms with E-state index in [-0.39, 0.29) is 11.5 Å². The molecule has 62 valence electrons. The Hall–Kier alpha value is -1.09. The fourth-order valence-corrected chi connectivity index (χ4v) is 1.45. The van der Waals surface area contributed by atoms with E-state index in [4.69, 9.17) is 11.6 Å². The van der Waals surface area contributed by atoms with Crippen molar-refractivity contribution in [3.8, 4) is 0 Å². The van der Waals surface area contributed by atoms with E-state index in [1.807, 2.05) is 0 Å². The molecule has 2 nitrogen and oxygen atoms in total. The molecule has 0 saturated carbocycles. The van der Waals surface area contributed by atoms with E-state index in [0.29, 0.717) is 16.3 Å². The van der Waals surface area contributed by atoms with Gasteiger partial charge in [0.05, 0.1) is 12.1 Å². The molecule has 4 heteroatoms. The second-order valence-corrected chi connectivity index (χ2v) is 3.06. The molecule has 2 rings (SSSR count). The number of carbonyl (C=O) groups excluding carboxylic acids is 1. The van der Waals surface area contributed by atoms with Gasteiger partial charge in [-0.15, -0.1) is 5.12 Å². The lowest BCUT2D eigenvalue weighted by Crippen LogP contribution is -2.15. The zero-order valence-corrected chi connectivity index (χ0v) is 6.81. The third-order valence-electron chi connectivity index (χ3n) is 1.81. The molecule has 0 aromatic heterocycles. The average Bonchev–Trinajstić information content (AvgIpc) is 2.28. The highest BCUT2D eigenvalue weighted by Gasteiger charge is 2.27. The van der Waals surface area contributed by atoms with Gasteiger partial charge in [-0.3, -0.25) is 4.79 Å². The normalized spacial score (nSPS) is 15.2. The van der Waals surface area contributed by atoms with Crippen molar-refractivity contribution in [3.05, 3.63) is 28.8 Å². The third-order valence-corrected chi connectivity index (χ3v) is 2.05. The fourth-order valence-electron chi connectivity index (χ4n) is 1.25. The first-order valence-corrected chi connectivity index (χ1v) is 3.83. The van der Waals surface area contributed by atoms with Gasteiger partial charge in [-0.1, -0.05) is 16.1 Å². The van der Waals surface area contributed by atoms with E-state index < -0.39 is 5.91 Å². The monoisotopic (exact) mass is 185 g/mol. The van der Waals surface area contributed by atoms with Crippen molar-refractivity contribution in [1.82, 2.24) is 0 Å². The van der Waals surface area contributed by atoms with Crippen molar-refractivity contribution in [2.24, 2.45) is 0 Å². The Morgan fingerprint density at radius 2 is 2.25 bits per heavy atom. The molecule has 0 spiro atoms. The molecule has 1 heterocycles. The van der Waals surface area contributed by atoms with Crippen LogP contribution in [-0.2, 0) is 11.2 Å². The third kappa shape index (κ3) is 0.975. The summed E-state index contributed by atoms with van der Waals surface area (Å²) in [7, 11) is 0. The number of halogens is 2. The van der Waals surface area contributed by atoms with Gasteiger partial charge in [0.15, 0.2) is 0 Å². The van der Waals surface area contributed by atoms with Crippen molar-refractivity contribution in [2.45, 2.75) is 6.42 Å². The number of anilines is 1. The predicted octanol–water partition coefficient (Wildman–Crippen LogP) is 2.11. The lowest BCUT2D eigenvalue weighted by atomic mass is 10.2. The van der Waals surface area contributed by atoms with Crippen LogP contribution in [0.25, 0.3) is 0 Å². The maximum absolute atomic E-state index is 12.9. The number of nitrogens with zero attached hydrogens (tertiary/aromatic N) is 1. The van der Waals surface area contributed by atoms with E-state index in [2.05, 4.69) is 0 Å². The van der Waals surface area contributed by atoms with Crippen molar-refractivity contribution >= 4 is 23.2 Å². The summed E-state index contributed by atoms with van der Waals surface area (Å²) in [5.41, 5.74) is 0.958. The smallest absolute Gasteiger partial charge is 0.259 e. The minimum atomic E-state index is -0.535. The Labute approximate surface area is 73.5 Å². The van der Waals surface area contributed by atoms with Gasteiger partial charge in [0, 0.05) is 5.02 Å². The molecule has 12 heavy (non-hydrogen) atoms. The topological polar surface area (TPSA) is 20.3 Å². The Morgan fingerprint density at radius 3 is 3.00 bits per heavy atom. The van der Waals surface area contributed by atoms with E-state index in [0.717, 1.165) is 0 Å². The lowest BCUT2D eigenvalue weighted by molar-refractivity contribution is -0.119. The Morgan fingerprint density at radius 1 is 1.50 bits per heavy atom. The number of hydrogen-bond acceptors (Lipinski definition) is 1. The summed E-state index contributed by atoms with van der Waals surface area (Å²) >= 11 is 5.67. The minimum Gasteiger partial charge on any atom is -0.272 e. The van der Waals surface area contributed by atoms with Crippen molar-refractivity contribution < 1.29 is 9.28 Å².